The smallest absolute Gasteiger partial charge is 0.410 e. The molecule has 3 aromatic heterocycles. The van der Waals surface area contributed by atoms with Gasteiger partial charge in [-0.1, -0.05) is 37.0 Å². The van der Waals surface area contributed by atoms with Crippen molar-refractivity contribution in [3.05, 3.63) is 55.7 Å². The summed E-state index contributed by atoms with van der Waals surface area (Å²) in [4.78, 5) is 39.6. The van der Waals surface area contributed by atoms with Crippen LogP contribution < -0.4 is 10.5 Å². The Kier molecular flexibility index (Phi) is 7.84. The van der Waals surface area contributed by atoms with Gasteiger partial charge in [0.1, 0.15) is 22.4 Å². The largest absolute Gasteiger partial charge is 0.444 e. The molecule has 0 unspecified atom stereocenters. The van der Waals surface area contributed by atoms with Crippen LogP contribution in [-0.2, 0) is 4.74 Å². The van der Waals surface area contributed by atoms with Gasteiger partial charge in [0.2, 0.25) is 0 Å². The highest BCUT2D eigenvalue weighted by atomic mass is 35.5. The van der Waals surface area contributed by atoms with E-state index in [-0.39, 0.29) is 33.3 Å². The molecule has 1 amide bonds. The van der Waals surface area contributed by atoms with Crippen LogP contribution in [0.4, 0.5) is 10.5 Å². The highest BCUT2D eigenvalue weighted by Gasteiger charge is 2.34. The Morgan fingerprint density at radius 3 is 2.51 bits per heavy atom. The number of nitriles is 1. The number of aromatic nitrogens is 3. The highest BCUT2D eigenvalue weighted by molar-refractivity contribution is 6.41. The van der Waals surface area contributed by atoms with E-state index in [9.17, 15) is 14.9 Å². The van der Waals surface area contributed by atoms with Crippen LogP contribution in [0.5, 0.6) is 0 Å². The first-order valence-electron chi connectivity index (χ1n) is 12.8. The summed E-state index contributed by atoms with van der Waals surface area (Å²) in [5, 5.41) is 11.1. The molecule has 3 aromatic rings. The van der Waals surface area contributed by atoms with E-state index in [0.717, 1.165) is 5.56 Å². The number of ether oxygens (including phenoxy) is 1. The van der Waals surface area contributed by atoms with E-state index in [1.807, 2.05) is 59.4 Å². The van der Waals surface area contributed by atoms with Crippen molar-refractivity contribution in [2.24, 2.45) is 0 Å². The van der Waals surface area contributed by atoms with Gasteiger partial charge in [0, 0.05) is 37.3 Å². The molecule has 0 spiro atoms. The van der Waals surface area contributed by atoms with Crippen molar-refractivity contribution in [1.29, 1.82) is 5.26 Å². The van der Waals surface area contributed by atoms with Crippen molar-refractivity contribution in [2.45, 2.75) is 66.0 Å². The van der Waals surface area contributed by atoms with Crippen molar-refractivity contribution in [1.82, 2.24) is 19.4 Å². The summed E-state index contributed by atoms with van der Waals surface area (Å²) in [6, 6.07) is 5.35. The molecule has 4 rings (SSSR count). The molecule has 0 bridgehead atoms. The summed E-state index contributed by atoms with van der Waals surface area (Å²) in [7, 11) is 0. The number of anilines is 1. The quantitative estimate of drug-likeness (QED) is 0.364. The Morgan fingerprint density at radius 2 is 1.92 bits per heavy atom. The number of halogens is 2. The molecule has 0 aromatic carbocycles. The number of pyridine rings is 3. The lowest BCUT2D eigenvalue weighted by atomic mass is 10.0. The number of aryl methyl sites for hydroxylation is 1. The van der Waals surface area contributed by atoms with Crippen molar-refractivity contribution in [3.63, 3.8) is 0 Å². The summed E-state index contributed by atoms with van der Waals surface area (Å²) >= 11 is 12.8. The average Bonchev–Trinajstić information content (AvgIpc) is 2.83. The van der Waals surface area contributed by atoms with E-state index in [0.29, 0.717) is 42.1 Å². The van der Waals surface area contributed by atoms with Gasteiger partial charge in [0.25, 0.3) is 5.56 Å². The van der Waals surface area contributed by atoms with Gasteiger partial charge in [-0.05, 0) is 58.2 Å². The molecule has 39 heavy (non-hydrogen) atoms. The molecule has 11 heteroatoms. The minimum Gasteiger partial charge on any atom is -0.444 e. The van der Waals surface area contributed by atoms with Crippen LogP contribution in [0, 0.1) is 18.3 Å². The van der Waals surface area contributed by atoms with Crippen molar-refractivity contribution < 1.29 is 9.53 Å². The van der Waals surface area contributed by atoms with Crippen molar-refractivity contribution in [3.8, 4) is 11.8 Å². The second kappa shape index (κ2) is 10.7. The van der Waals surface area contributed by atoms with Gasteiger partial charge in [-0.2, -0.15) is 5.26 Å². The zero-order chi connectivity index (χ0) is 28.8. The minimum absolute atomic E-state index is 0.00313. The molecule has 1 fully saturated rings. The topological polar surface area (TPSA) is 104 Å². The van der Waals surface area contributed by atoms with Crippen LogP contribution in [-0.4, -0.2) is 56.8 Å². The first-order valence-corrected chi connectivity index (χ1v) is 13.6. The maximum Gasteiger partial charge on any atom is 0.410 e. The summed E-state index contributed by atoms with van der Waals surface area (Å²) < 4.78 is 7.00. The van der Waals surface area contributed by atoms with Gasteiger partial charge in [-0.25, -0.2) is 9.78 Å². The van der Waals surface area contributed by atoms with Gasteiger partial charge in [-0.3, -0.25) is 14.3 Å². The molecule has 1 aliphatic heterocycles. The summed E-state index contributed by atoms with van der Waals surface area (Å²) in [5.41, 5.74) is 1.59. The van der Waals surface area contributed by atoms with Gasteiger partial charge >= 0.3 is 6.09 Å². The molecule has 206 valence electrons. The number of fused-ring (bicyclic) bond motifs is 1. The predicted molar refractivity (Wildman–Crippen MR) is 153 cm³/mol. The van der Waals surface area contributed by atoms with Gasteiger partial charge in [0.05, 0.1) is 22.1 Å². The third kappa shape index (κ3) is 5.41. The molecular weight excluding hydrogens is 539 g/mol. The Morgan fingerprint density at radius 1 is 1.23 bits per heavy atom. The molecule has 0 aliphatic carbocycles. The monoisotopic (exact) mass is 570 g/mol. The Bertz CT molecular complexity index is 1550. The average molecular weight is 572 g/mol. The van der Waals surface area contributed by atoms with E-state index in [2.05, 4.69) is 16.0 Å². The third-order valence-corrected chi connectivity index (χ3v) is 7.32. The van der Waals surface area contributed by atoms with E-state index >= 15 is 0 Å². The van der Waals surface area contributed by atoms with Crippen LogP contribution in [0.25, 0.3) is 16.7 Å². The van der Waals surface area contributed by atoms with Gasteiger partial charge in [0.15, 0.2) is 5.65 Å². The first-order chi connectivity index (χ1) is 18.2. The van der Waals surface area contributed by atoms with Crippen LogP contribution in [0.1, 0.15) is 64.3 Å². The van der Waals surface area contributed by atoms with Crippen molar-refractivity contribution in [2.75, 3.05) is 24.5 Å². The normalized spacial score (nSPS) is 16.1. The number of hydrogen-bond donors (Lipinski definition) is 0. The number of carbonyl (C=O) groups is 1. The van der Waals surface area contributed by atoms with Crippen LogP contribution in [0.15, 0.2) is 23.1 Å². The number of nitrogens with zero attached hydrogens (tertiary/aromatic N) is 6. The second-order valence-corrected chi connectivity index (χ2v) is 11.9. The molecule has 1 saturated heterocycles. The lowest BCUT2D eigenvalue weighted by molar-refractivity contribution is 0.0159. The first kappa shape index (κ1) is 28.7. The van der Waals surface area contributed by atoms with Crippen LogP contribution >= 0.6 is 23.2 Å². The fraction of sp³-hybridized carbons (Fsp3) is 0.464. The second-order valence-electron chi connectivity index (χ2n) is 11.1. The van der Waals surface area contributed by atoms with Crippen LogP contribution in [0.3, 0.4) is 0 Å². The summed E-state index contributed by atoms with van der Waals surface area (Å²) in [6.45, 7) is 14.3. The third-order valence-electron chi connectivity index (χ3n) is 6.64. The molecule has 4 heterocycles. The van der Waals surface area contributed by atoms with Crippen molar-refractivity contribution >= 4 is 46.0 Å². The number of rotatable bonds is 3. The zero-order valence-corrected chi connectivity index (χ0v) is 24.7. The maximum atomic E-state index is 14.1. The molecular formula is C28H32Cl2N6O3. The fourth-order valence-corrected chi connectivity index (χ4v) is 5.21. The van der Waals surface area contributed by atoms with E-state index in [4.69, 9.17) is 27.9 Å². The predicted octanol–water partition coefficient (Wildman–Crippen LogP) is 5.84. The van der Waals surface area contributed by atoms with Gasteiger partial charge in [-0.15, -0.1) is 0 Å². The van der Waals surface area contributed by atoms with E-state index in [1.165, 1.54) is 4.57 Å². The Balaban J connectivity index is 1.94. The van der Waals surface area contributed by atoms with Gasteiger partial charge < -0.3 is 14.5 Å². The Labute approximate surface area is 237 Å². The van der Waals surface area contributed by atoms with Crippen LogP contribution in [0.2, 0.25) is 10.2 Å². The highest BCUT2D eigenvalue weighted by Crippen LogP contribution is 2.36. The minimum atomic E-state index is -0.621. The van der Waals surface area contributed by atoms with E-state index < -0.39 is 17.3 Å². The molecule has 9 nitrogen and oxygen atoms in total. The molecule has 1 aliphatic rings. The number of hydrogen-bond acceptors (Lipinski definition) is 7. The fourth-order valence-electron chi connectivity index (χ4n) is 4.92. The number of piperazine rings is 1. The summed E-state index contributed by atoms with van der Waals surface area (Å²) in [5.74, 6) is -0.00313. The SMILES string of the molecule is Cc1ccnc(C(C)C)c1-n1c(=O)c(C#N)c(N2CCN(C(=O)OC(C)(C)C)[C@H](C)C2)c2cc(Cl)c(Cl)nc21. The Hall–Kier alpha value is -3.35. The number of amides is 1. The molecule has 0 radical (unpaired) electrons. The standard InChI is InChI=1S/C28H32Cl2N6O3/c1-15(2)21-22(16(3)8-9-32-21)36-25-18(12-20(29)24(30)33-25)23(19(13-31)26(36)37)34-10-11-35(17(4)14-34)27(38)39-28(5,6)7/h8-9,12,15,17H,10-11,14H2,1-7H3/t17-/m1/s1. The van der Waals surface area contributed by atoms with E-state index in [1.54, 1.807) is 17.2 Å². The number of carbonyl (C=O) groups excluding carboxylic acids is 1. The maximum absolute atomic E-state index is 14.1. The summed E-state index contributed by atoms with van der Waals surface area (Å²) in [6.07, 6.45) is 1.30. The lowest BCUT2D eigenvalue weighted by Gasteiger charge is -2.41. The molecule has 0 saturated carbocycles. The molecule has 0 N–H and O–H groups in total. The molecule has 1 atom stereocenters. The zero-order valence-electron chi connectivity index (χ0n) is 23.2. The lowest BCUT2D eigenvalue weighted by Crippen LogP contribution is -2.55.